The second kappa shape index (κ2) is 4.59. The van der Waals surface area contributed by atoms with E-state index >= 15 is 0 Å². The Morgan fingerprint density at radius 1 is 1.69 bits per heavy atom. The zero-order chi connectivity index (χ0) is 11.5. The summed E-state index contributed by atoms with van der Waals surface area (Å²) in [6.45, 7) is 3.17. The maximum absolute atomic E-state index is 11.7. The zero-order valence-electron chi connectivity index (χ0n) is 9.29. The van der Waals surface area contributed by atoms with Crippen molar-refractivity contribution < 1.29 is 4.79 Å². The van der Waals surface area contributed by atoms with Crippen molar-refractivity contribution in [2.45, 2.75) is 19.4 Å². The van der Waals surface area contributed by atoms with Crippen molar-refractivity contribution in [3.8, 4) is 0 Å². The Hall–Kier alpha value is -1.46. The molecule has 86 valence electrons. The molecular weight excluding hydrogens is 204 g/mol. The van der Waals surface area contributed by atoms with Gasteiger partial charge in [0.25, 0.3) is 0 Å². The third-order valence-corrected chi connectivity index (χ3v) is 2.62. The van der Waals surface area contributed by atoms with Crippen molar-refractivity contribution in [2.75, 3.05) is 18.4 Å². The molecular formula is C11H16N4O. The van der Waals surface area contributed by atoms with Crippen molar-refractivity contribution >= 4 is 11.7 Å². The fraction of sp³-hybridized carbons (Fsp3) is 0.455. The summed E-state index contributed by atoms with van der Waals surface area (Å²) in [4.78, 5) is 15.9. The average Bonchev–Trinajstić information content (AvgIpc) is 2.27. The van der Waals surface area contributed by atoms with Crippen molar-refractivity contribution in [1.82, 2.24) is 10.3 Å². The molecule has 1 aromatic heterocycles. The van der Waals surface area contributed by atoms with E-state index in [9.17, 15) is 4.79 Å². The van der Waals surface area contributed by atoms with Crippen LogP contribution in [0.25, 0.3) is 0 Å². The monoisotopic (exact) mass is 220 g/mol. The van der Waals surface area contributed by atoms with Gasteiger partial charge in [-0.05, 0) is 18.1 Å². The van der Waals surface area contributed by atoms with Gasteiger partial charge in [0, 0.05) is 25.7 Å². The molecule has 1 aliphatic rings. The van der Waals surface area contributed by atoms with Crippen LogP contribution in [0, 0.1) is 6.92 Å². The number of aryl methyl sites for hydroxylation is 1. The van der Waals surface area contributed by atoms with Gasteiger partial charge < -0.3 is 16.4 Å². The fourth-order valence-corrected chi connectivity index (χ4v) is 1.84. The molecule has 0 radical (unpaired) electrons. The number of aromatic nitrogens is 1. The average molecular weight is 220 g/mol. The molecule has 2 heterocycles. The van der Waals surface area contributed by atoms with Crippen LogP contribution in [-0.4, -0.2) is 30.0 Å². The topological polar surface area (TPSA) is 80.0 Å². The molecule has 0 bridgehead atoms. The van der Waals surface area contributed by atoms with Gasteiger partial charge in [0.15, 0.2) is 0 Å². The Balaban J connectivity index is 2.16. The van der Waals surface area contributed by atoms with Gasteiger partial charge in [-0.25, -0.2) is 4.98 Å². The summed E-state index contributed by atoms with van der Waals surface area (Å²) in [5, 5.41) is 5.91. The van der Waals surface area contributed by atoms with Gasteiger partial charge in [-0.2, -0.15) is 0 Å². The van der Waals surface area contributed by atoms with Crippen LogP contribution >= 0.6 is 0 Å². The lowest BCUT2D eigenvalue weighted by Gasteiger charge is -2.24. The van der Waals surface area contributed by atoms with E-state index in [-0.39, 0.29) is 11.9 Å². The summed E-state index contributed by atoms with van der Waals surface area (Å²) >= 11 is 0. The first kappa shape index (κ1) is 11.0. The summed E-state index contributed by atoms with van der Waals surface area (Å²) in [6.07, 6.45) is 2.43. The van der Waals surface area contributed by atoms with E-state index < -0.39 is 0 Å². The van der Waals surface area contributed by atoms with Crippen LogP contribution in [0.1, 0.15) is 11.1 Å². The summed E-state index contributed by atoms with van der Waals surface area (Å²) in [6, 6.07) is 1.86. The third-order valence-electron chi connectivity index (χ3n) is 2.62. The van der Waals surface area contributed by atoms with Crippen molar-refractivity contribution in [3.63, 3.8) is 0 Å². The highest BCUT2D eigenvalue weighted by Gasteiger charge is 2.26. The van der Waals surface area contributed by atoms with Crippen LogP contribution in [-0.2, 0) is 11.2 Å². The molecule has 0 aliphatic carbocycles. The lowest BCUT2D eigenvalue weighted by atomic mass is 10.0. The SMILES string of the molecule is Cc1cnc2c(c1)CC(NCCN)C(=O)N2. The number of nitrogens with zero attached hydrogens (tertiary/aromatic N) is 1. The number of amides is 1. The predicted molar refractivity (Wildman–Crippen MR) is 62.2 cm³/mol. The Kier molecular flexibility index (Phi) is 3.17. The number of nitrogens with one attached hydrogen (secondary N) is 2. The number of carbonyl (C=O) groups is 1. The molecule has 0 spiro atoms. The van der Waals surface area contributed by atoms with E-state index in [1.807, 2.05) is 6.92 Å². The summed E-state index contributed by atoms with van der Waals surface area (Å²) in [5.41, 5.74) is 7.59. The van der Waals surface area contributed by atoms with E-state index in [0.29, 0.717) is 25.3 Å². The Bertz CT molecular complexity index is 405. The first-order chi connectivity index (χ1) is 7.70. The molecule has 16 heavy (non-hydrogen) atoms. The molecule has 0 aromatic carbocycles. The lowest BCUT2D eigenvalue weighted by Crippen LogP contribution is -2.46. The van der Waals surface area contributed by atoms with Crippen LogP contribution in [0.5, 0.6) is 0 Å². The molecule has 1 unspecified atom stereocenters. The summed E-state index contributed by atoms with van der Waals surface area (Å²) < 4.78 is 0. The van der Waals surface area contributed by atoms with Crippen LogP contribution in [0.4, 0.5) is 5.82 Å². The van der Waals surface area contributed by atoms with Crippen LogP contribution in [0.2, 0.25) is 0 Å². The minimum Gasteiger partial charge on any atom is -0.329 e. The Morgan fingerprint density at radius 2 is 2.50 bits per heavy atom. The maximum Gasteiger partial charge on any atom is 0.243 e. The van der Waals surface area contributed by atoms with Gasteiger partial charge in [-0.1, -0.05) is 6.07 Å². The van der Waals surface area contributed by atoms with Crippen LogP contribution in [0.3, 0.4) is 0 Å². The van der Waals surface area contributed by atoms with Gasteiger partial charge in [-0.15, -0.1) is 0 Å². The highest BCUT2D eigenvalue weighted by molar-refractivity contribution is 5.97. The van der Waals surface area contributed by atoms with Crippen molar-refractivity contribution in [3.05, 3.63) is 23.4 Å². The molecule has 5 heteroatoms. The maximum atomic E-state index is 11.7. The molecule has 1 amide bonds. The first-order valence-electron chi connectivity index (χ1n) is 5.40. The Morgan fingerprint density at radius 3 is 3.25 bits per heavy atom. The number of hydrogen-bond acceptors (Lipinski definition) is 4. The van der Waals surface area contributed by atoms with E-state index in [2.05, 4.69) is 21.7 Å². The highest BCUT2D eigenvalue weighted by Crippen LogP contribution is 2.20. The third kappa shape index (κ3) is 2.20. The largest absolute Gasteiger partial charge is 0.329 e. The minimum absolute atomic E-state index is 0.0303. The molecule has 5 nitrogen and oxygen atoms in total. The summed E-state index contributed by atoms with van der Waals surface area (Å²) in [7, 11) is 0. The number of hydrogen-bond donors (Lipinski definition) is 3. The van der Waals surface area contributed by atoms with Crippen molar-refractivity contribution in [1.29, 1.82) is 0 Å². The molecule has 1 atom stereocenters. The predicted octanol–water partition coefficient (Wildman–Crippen LogP) is -0.198. The van der Waals surface area contributed by atoms with Gasteiger partial charge in [-0.3, -0.25) is 4.79 Å². The molecule has 4 N–H and O–H groups in total. The van der Waals surface area contributed by atoms with Gasteiger partial charge >= 0.3 is 0 Å². The number of rotatable bonds is 3. The van der Waals surface area contributed by atoms with Gasteiger partial charge in [0.1, 0.15) is 5.82 Å². The fourth-order valence-electron chi connectivity index (χ4n) is 1.84. The second-order valence-electron chi connectivity index (χ2n) is 4.01. The minimum atomic E-state index is -0.195. The smallest absolute Gasteiger partial charge is 0.243 e. The normalized spacial score (nSPS) is 19.1. The number of anilines is 1. The zero-order valence-corrected chi connectivity index (χ0v) is 9.29. The van der Waals surface area contributed by atoms with Crippen LogP contribution < -0.4 is 16.4 Å². The quantitative estimate of drug-likeness (QED) is 0.659. The van der Waals surface area contributed by atoms with Gasteiger partial charge in [0.05, 0.1) is 6.04 Å². The second-order valence-corrected chi connectivity index (χ2v) is 4.01. The van der Waals surface area contributed by atoms with Crippen LogP contribution in [0.15, 0.2) is 12.3 Å². The number of pyridine rings is 1. The number of fused-ring (bicyclic) bond motifs is 1. The van der Waals surface area contributed by atoms with Crippen molar-refractivity contribution in [2.24, 2.45) is 5.73 Å². The van der Waals surface area contributed by atoms with E-state index in [4.69, 9.17) is 5.73 Å². The first-order valence-corrected chi connectivity index (χ1v) is 5.40. The molecule has 0 saturated carbocycles. The molecule has 1 aliphatic heterocycles. The highest BCUT2D eigenvalue weighted by atomic mass is 16.2. The molecule has 1 aromatic rings. The lowest BCUT2D eigenvalue weighted by molar-refractivity contribution is -0.118. The summed E-state index contributed by atoms with van der Waals surface area (Å²) in [5.74, 6) is 0.652. The van der Waals surface area contributed by atoms with E-state index in [1.54, 1.807) is 6.20 Å². The number of nitrogens with two attached hydrogens (primary N) is 1. The molecule has 2 rings (SSSR count). The van der Waals surface area contributed by atoms with E-state index in [1.165, 1.54) is 0 Å². The Labute approximate surface area is 94.4 Å². The molecule has 0 fully saturated rings. The molecule has 0 saturated heterocycles. The van der Waals surface area contributed by atoms with Gasteiger partial charge in [0.2, 0.25) is 5.91 Å². The number of carbonyl (C=O) groups excluding carboxylic acids is 1. The van der Waals surface area contributed by atoms with E-state index in [0.717, 1.165) is 11.1 Å². The standard InChI is InChI=1S/C11H16N4O/c1-7-4-8-5-9(13-3-2-12)11(16)15-10(8)14-6-7/h4,6,9,13H,2-3,5,12H2,1H3,(H,14,15,16).